The van der Waals surface area contributed by atoms with Crippen molar-refractivity contribution in [1.29, 1.82) is 0 Å². The van der Waals surface area contributed by atoms with E-state index in [2.05, 4.69) is 0 Å². The summed E-state index contributed by atoms with van der Waals surface area (Å²) >= 11 is 5.77. The van der Waals surface area contributed by atoms with Crippen LogP contribution >= 0.6 is 11.6 Å². The number of alkyl halides is 1. The van der Waals surface area contributed by atoms with Gasteiger partial charge in [-0.2, -0.15) is 0 Å². The molecule has 0 fully saturated rings. The van der Waals surface area contributed by atoms with E-state index in [0.29, 0.717) is 12.8 Å². The number of carbonyl (C=O) groups excluding carboxylic acids is 1. The van der Waals surface area contributed by atoms with Gasteiger partial charge in [-0.05, 0) is 37.5 Å². The van der Waals surface area contributed by atoms with Gasteiger partial charge in [0, 0.05) is 0 Å². The van der Waals surface area contributed by atoms with E-state index in [4.69, 9.17) is 11.6 Å². The number of rotatable bonds is 4. The molecule has 1 aromatic rings. The molecule has 1 nitrogen and oxygen atoms in total. The Morgan fingerprint density at radius 2 is 2.00 bits per heavy atom. The molecule has 0 bridgehead atoms. The van der Waals surface area contributed by atoms with Crippen LogP contribution in [-0.4, -0.2) is 11.2 Å². The molecule has 1 atom stereocenters. The van der Waals surface area contributed by atoms with Crippen molar-refractivity contribution in [2.75, 3.05) is 0 Å². The van der Waals surface area contributed by atoms with Gasteiger partial charge in [0.1, 0.15) is 11.6 Å². The van der Waals surface area contributed by atoms with E-state index in [9.17, 15) is 9.18 Å². The van der Waals surface area contributed by atoms with Crippen molar-refractivity contribution < 1.29 is 9.18 Å². The Labute approximate surface area is 87.9 Å². The van der Waals surface area contributed by atoms with E-state index < -0.39 is 5.38 Å². The summed E-state index contributed by atoms with van der Waals surface area (Å²) < 4.78 is 12.5. The monoisotopic (exact) mass is 214 g/mol. The molecule has 0 saturated heterocycles. The van der Waals surface area contributed by atoms with E-state index in [0.717, 1.165) is 5.56 Å². The second-order valence-corrected chi connectivity index (χ2v) is 3.77. The van der Waals surface area contributed by atoms with Crippen LogP contribution in [0.3, 0.4) is 0 Å². The molecular formula is C11H12ClFO. The average molecular weight is 215 g/mol. The Kier molecular flexibility index (Phi) is 4.08. The molecule has 14 heavy (non-hydrogen) atoms. The quantitative estimate of drug-likeness (QED) is 0.705. The molecule has 1 unspecified atom stereocenters. The smallest absolute Gasteiger partial charge is 0.147 e. The first-order chi connectivity index (χ1) is 6.59. The van der Waals surface area contributed by atoms with E-state index in [-0.39, 0.29) is 11.6 Å². The van der Waals surface area contributed by atoms with Crippen LogP contribution in [0.25, 0.3) is 0 Å². The Bertz CT molecular complexity index is 308. The number of ketones is 1. The predicted octanol–water partition coefficient (Wildman–Crippen LogP) is 2.95. The lowest BCUT2D eigenvalue weighted by Gasteiger charge is -2.04. The number of benzene rings is 1. The van der Waals surface area contributed by atoms with E-state index in [1.807, 2.05) is 0 Å². The van der Waals surface area contributed by atoms with Crippen LogP contribution in [-0.2, 0) is 11.2 Å². The second-order valence-electron chi connectivity index (χ2n) is 3.24. The zero-order chi connectivity index (χ0) is 10.6. The second kappa shape index (κ2) is 5.11. The lowest BCUT2D eigenvalue weighted by molar-refractivity contribution is -0.116. The summed E-state index contributed by atoms with van der Waals surface area (Å²) in [7, 11) is 0. The molecule has 0 aliphatic rings. The molecular weight excluding hydrogens is 203 g/mol. The highest BCUT2D eigenvalue weighted by Gasteiger charge is 2.09. The minimum absolute atomic E-state index is 0.0196. The molecule has 0 heterocycles. The summed E-state index contributed by atoms with van der Waals surface area (Å²) in [6.07, 6.45) is 1.30. The van der Waals surface area contributed by atoms with Crippen LogP contribution in [0.2, 0.25) is 0 Å². The van der Waals surface area contributed by atoms with Gasteiger partial charge in [0.05, 0.1) is 5.38 Å². The number of hydrogen-bond acceptors (Lipinski definition) is 1. The van der Waals surface area contributed by atoms with Gasteiger partial charge in [0.25, 0.3) is 0 Å². The van der Waals surface area contributed by atoms with Crippen molar-refractivity contribution in [2.45, 2.75) is 25.1 Å². The molecule has 0 aliphatic heterocycles. The highest BCUT2D eigenvalue weighted by molar-refractivity contribution is 6.30. The van der Waals surface area contributed by atoms with Crippen molar-refractivity contribution in [1.82, 2.24) is 0 Å². The van der Waals surface area contributed by atoms with Gasteiger partial charge < -0.3 is 0 Å². The van der Waals surface area contributed by atoms with E-state index in [1.54, 1.807) is 12.1 Å². The number of carbonyl (C=O) groups is 1. The number of halogens is 2. The zero-order valence-corrected chi connectivity index (χ0v) is 8.72. The Morgan fingerprint density at radius 3 is 2.50 bits per heavy atom. The molecule has 0 aliphatic carbocycles. The van der Waals surface area contributed by atoms with Gasteiger partial charge in [0.2, 0.25) is 0 Å². The largest absolute Gasteiger partial charge is 0.298 e. The maximum atomic E-state index is 12.5. The van der Waals surface area contributed by atoms with Crippen LogP contribution < -0.4 is 0 Å². The minimum Gasteiger partial charge on any atom is -0.298 e. The van der Waals surface area contributed by atoms with Gasteiger partial charge in [-0.25, -0.2) is 4.39 Å². The van der Waals surface area contributed by atoms with Crippen molar-refractivity contribution in [3.05, 3.63) is 35.6 Å². The molecule has 3 heteroatoms. The third-order valence-corrected chi connectivity index (χ3v) is 2.57. The Balaban J connectivity index is 2.46. The SMILES string of the molecule is CC(=O)C(Cl)CCc1ccc(F)cc1. The fourth-order valence-electron chi connectivity index (χ4n) is 1.15. The summed E-state index contributed by atoms with van der Waals surface area (Å²) in [6, 6.07) is 6.23. The summed E-state index contributed by atoms with van der Waals surface area (Å²) in [6.45, 7) is 1.47. The molecule has 0 radical (unpaired) electrons. The first kappa shape index (κ1) is 11.2. The van der Waals surface area contributed by atoms with Crippen LogP contribution in [0.5, 0.6) is 0 Å². The molecule has 1 rings (SSSR count). The van der Waals surface area contributed by atoms with Crippen molar-refractivity contribution in [2.24, 2.45) is 0 Å². The fourth-order valence-corrected chi connectivity index (χ4v) is 1.26. The van der Waals surface area contributed by atoms with Crippen molar-refractivity contribution >= 4 is 17.4 Å². The van der Waals surface area contributed by atoms with E-state index in [1.165, 1.54) is 19.1 Å². The standard InChI is InChI=1S/C11H12ClFO/c1-8(14)11(12)7-4-9-2-5-10(13)6-3-9/h2-3,5-6,11H,4,7H2,1H3. The van der Waals surface area contributed by atoms with Gasteiger partial charge >= 0.3 is 0 Å². The predicted molar refractivity (Wildman–Crippen MR) is 55.0 cm³/mol. The number of aryl methyl sites for hydroxylation is 1. The summed E-state index contributed by atoms with van der Waals surface area (Å²) in [5.74, 6) is -0.267. The lowest BCUT2D eigenvalue weighted by Crippen LogP contribution is -2.10. The third-order valence-electron chi connectivity index (χ3n) is 2.04. The zero-order valence-electron chi connectivity index (χ0n) is 7.97. The maximum Gasteiger partial charge on any atom is 0.147 e. The summed E-state index contributed by atoms with van der Waals surface area (Å²) in [5.41, 5.74) is 0.998. The topological polar surface area (TPSA) is 17.1 Å². The van der Waals surface area contributed by atoms with Gasteiger partial charge in [0.15, 0.2) is 0 Å². The van der Waals surface area contributed by atoms with Crippen molar-refractivity contribution in [3.63, 3.8) is 0 Å². The molecule has 0 amide bonds. The fraction of sp³-hybridized carbons (Fsp3) is 0.364. The Morgan fingerprint density at radius 1 is 1.43 bits per heavy atom. The van der Waals surface area contributed by atoms with E-state index >= 15 is 0 Å². The summed E-state index contributed by atoms with van der Waals surface area (Å²) in [5, 5.41) is -0.431. The van der Waals surface area contributed by atoms with Gasteiger partial charge in [-0.3, -0.25) is 4.79 Å². The van der Waals surface area contributed by atoms with Gasteiger partial charge in [-0.15, -0.1) is 11.6 Å². The van der Waals surface area contributed by atoms with Crippen LogP contribution in [0.1, 0.15) is 18.9 Å². The Hall–Kier alpha value is -0.890. The van der Waals surface area contributed by atoms with Crippen LogP contribution in [0, 0.1) is 5.82 Å². The number of Topliss-reactive ketones (excluding diaryl/α,β-unsaturated/α-hetero) is 1. The van der Waals surface area contributed by atoms with Gasteiger partial charge in [-0.1, -0.05) is 12.1 Å². The van der Waals surface area contributed by atoms with Crippen LogP contribution in [0.15, 0.2) is 24.3 Å². The normalized spacial score (nSPS) is 12.5. The molecule has 1 aromatic carbocycles. The highest BCUT2D eigenvalue weighted by atomic mass is 35.5. The van der Waals surface area contributed by atoms with Crippen molar-refractivity contribution in [3.8, 4) is 0 Å². The lowest BCUT2D eigenvalue weighted by atomic mass is 10.1. The maximum absolute atomic E-state index is 12.5. The summed E-state index contributed by atoms with van der Waals surface area (Å²) in [4.78, 5) is 10.8. The number of hydrogen-bond donors (Lipinski definition) is 0. The molecule has 0 aromatic heterocycles. The molecule has 0 N–H and O–H groups in total. The first-order valence-electron chi connectivity index (χ1n) is 4.48. The first-order valence-corrected chi connectivity index (χ1v) is 4.92. The molecule has 0 saturated carbocycles. The molecule has 0 spiro atoms. The highest BCUT2D eigenvalue weighted by Crippen LogP contribution is 2.10. The molecule has 76 valence electrons. The average Bonchev–Trinajstić information content (AvgIpc) is 2.16. The van der Waals surface area contributed by atoms with Crippen LogP contribution in [0.4, 0.5) is 4.39 Å². The third kappa shape index (κ3) is 3.46. The minimum atomic E-state index is -0.431.